The van der Waals surface area contributed by atoms with Crippen molar-refractivity contribution in [3.8, 4) is 0 Å². The van der Waals surface area contributed by atoms with Crippen LogP contribution in [0.3, 0.4) is 0 Å². The second-order valence-electron chi connectivity index (χ2n) is 5.28. The fourth-order valence-corrected chi connectivity index (χ4v) is 2.93. The summed E-state index contributed by atoms with van der Waals surface area (Å²) in [7, 11) is 0. The third-order valence-corrected chi connectivity index (χ3v) is 4.15. The molecule has 1 aliphatic heterocycles. The maximum Gasteiger partial charge on any atom is 0.237 e. The van der Waals surface area contributed by atoms with E-state index >= 15 is 0 Å². The summed E-state index contributed by atoms with van der Waals surface area (Å²) in [4.78, 5) is 11.9. The van der Waals surface area contributed by atoms with Crippen molar-refractivity contribution in [3.63, 3.8) is 0 Å². The average Bonchev–Trinajstić information content (AvgIpc) is 2.83. The van der Waals surface area contributed by atoms with Gasteiger partial charge < -0.3 is 10.6 Å². The first-order valence-electron chi connectivity index (χ1n) is 6.83. The lowest BCUT2D eigenvalue weighted by Gasteiger charge is -2.29. The predicted octanol–water partition coefficient (Wildman–Crippen LogP) is 2.25. The van der Waals surface area contributed by atoms with Gasteiger partial charge in [-0.15, -0.1) is 12.4 Å². The van der Waals surface area contributed by atoms with E-state index in [1.807, 2.05) is 0 Å². The van der Waals surface area contributed by atoms with Gasteiger partial charge in [-0.3, -0.25) is 4.79 Å². The molecule has 2 aliphatic rings. The van der Waals surface area contributed by atoms with Crippen LogP contribution in [0.15, 0.2) is 0 Å². The van der Waals surface area contributed by atoms with Gasteiger partial charge in [-0.1, -0.05) is 13.3 Å². The highest BCUT2D eigenvalue weighted by Gasteiger charge is 2.26. The van der Waals surface area contributed by atoms with Gasteiger partial charge in [-0.2, -0.15) is 0 Å². The molecule has 2 rings (SSSR count). The molecule has 0 aromatic heterocycles. The van der Waals surface area contributed by atoms with Crippen molar-refractivity contribution in [2.24, 2.45) is 5.92 Å². The van der Waals surface area contributed by atoms with Crippen molar-refractivity contribution in [2.75, 3.05) is 6.54 Å². The monoisotopic (exact) mass is 260 g/mol. The highest BCUT2D eigenvalue weighted by molar-refractivity contribution is 5.85. The highest BCUT2D eigenvalue weighted by atomic mass is 35.5. The summed E-state index contributed by atoms with van der Waals surface area (Å²) in [5, 5.41) is 6.46. The molecule has 1 aliphatic carbocycles. The average molecular weight is 261 g/mol. The van der Waals surface area contributed by atoms with Crippen molar-refractivity contribution >= 4 is 18.3 Å². The van der Waals surface area contributed by atoms with E-state index in [2.05, 4.69) is 17.6 Å². The first kappa shape index (κ1) is 14.8. The summed E-state index contributed by atoms with van der Waals surface area (Å²) in [5.41, 5.74) is 0. The molecular weight excluding hydrogens is 236 g/mol. The maximum absolute atomic E-state index is 11.9. The van der Waals surface area contributed by atoms with Crippen LogP contribution >= 0.6 is 12.4 Å². The summed E-state index contributed by atoms with van der Waals surface area (Å²) in [6.45, 7) is 3.27. The van der Waals surface area contributed by atoms with E-state index in [9.17, 15) is 4.79 Å². The van der Waals surface area contributed by atoms with Gasteiger partial charge in [0.25, 0.3) is 0 Å². The molecule has 4 heteroatoms. The van der Waals surface area contributed by atoms with Crippen molar-refractivity contribution < 1.29 is 4.79 Å². The second-order valence-corrected chi connectivity index (χ2v) is 5.28. The molecule has 3 nitrogen and oxygen atoms in total. The second kappa shape index (κ2) is 7.22. The third kappa shape index (κ3) is 4.14. The molecule has 1 amide bonds. The Kier molecular flexibility index (Phi) is 6.28. The van der Waals surface area contributed by atoms with Crippen molar-refractivity contribution in [1.82, 2.24) is 10.6 Å². The van der Waals surface area contributed by atoms with E-state index in [0.29, 0.717) is 6.04 Å². The van der Waals surface area contributed by atoms with Crippen molar-refractivity contribution in [1.29, 1.82) is 0 Å². The minimum Gasteiger partial charge on any atom is -0.352 e. The summed E-state index contributed by atoms with van der Waals surface area (Å²) in [6, 6.07) is 0.529. The molecule has 0 aromatic rings. The zero-order valence-corrected chi connectivity index (χ0v) is 11.5. The van der Waals surface area contributed by atoms with E-state index in [-0.39, 0.29) is 24.4 Å². The smallest absolute Gasteiger partial charge is 0.237 e. The van der Waals surface area contributed by atoms with Gasteiger partial charge in [-0.05, 0) is 51.0 Å². The minimum atomic E-state index is 0. The Morgan fingerprint density at radius 3 is 2.47 bits per heavy atom. The van der Waals surface area contributed by atoms with Gasteiger partial charge in [0.05, 0.1) is 6.04 Å². The molecule has 1 saturated carbocycles. The SMILES string of the molecule is CCC1CCC(NC(=O)C2CCCN2)CC1.Cl. The Labute approximate surface area is 111 Å². The number of nitrogens with one attached hydrogen (secondary N) is 2. The predicted molar refractivity (Wildman–Crippen MR) is 72.5 cm³/mol. The Bertz CT molecular complexity index is 234. The van der Waals surface area contributed by atoms with Crippen LogP contribution < -0.4 is 10.6 Å². The van der Waals surface area contributed by atoms with Crippen molar-refractivity contribution in [3.05, 3.63) is 0 Å². The number of hydrogen-bond acceptors (Lipinski definition) is 2. The highest BCUT2D eigenvalue weighted by Crippen LogP contribution is 2.26. The van der Waals surface area contributed by atoms with Crippen LogP contribution in [0.5, 0.6) is 0 Å². The number of carbonyl (C=O) groups excluding carboxylic acids is 1. The Morgan fingerprint density at radius 1 is 1.24 bits per heavy atom. The van der Waals surface area contributed by atoms with Crippen LogP contribution in [0.2, 0.25) is 0 Å². The summed E-state index contributed by atoms with van der Waals surface area (Å²) >= 11 is 0. The van der Waals surface area contributed by atoms with Crippen LogP contribution in [-0.2, 0) is 4.79 Å². The van der Waals surface area contributed by atoms with Gasteiger partial charge in [0.1, 0.15) is 0 Å². The van der Waals surface area contributed by atoms with E-state index in [0.717, 1.165) is 25.3 Å². The molecule has 0 bridgehead atoms. The zero-order valence-electron chi connectivity index (χ0n) is 10.7. The first-order chi connectivity index (χ1) is 7.79. The zero-order chi connectivity index (χ0) is 11.4. The number of carbonyl (C=O) groups is 1. The number of rotatable bonds is 3. The standard InChI is InChI=1S/C13H24N2O.ClH/c1-2-10-5-7-11(8-6-10)15-13(16)12-4-3-9-14-12;/h10-12,14H,2-9H2,1H3,(H,15,16);1H. The molecule has 100 valence electrons. The van der Waals surface area contributed by atoms with E-state index in [4.69, 9.17) is 0 Å². The minimum absolute atomic E-state index is 0. The van der Waals surface area contributed by atoms with Crippen LogP contribution in [0.1, 0.15) is 51.9 Å². The molecule has 1 saturated heterocycles. The summed E-state index contributed by atoms with van der Waals surface area (Å²) < 4.78 is 0. The fraction of sp³-hybridized carbons (Fsp3) is 0.923. The third-order valence-electron chi connectivity index (χ3n) is 4.15. The lowest BCUT2D eigenvalue weighted by Crippen LogP contribution is -2.46. The van der Waals surface area contributed by atoms with Gasteiger partial charge in [-0.25, -0.2) is 0 Å². The molecule has 17 heavy (non-hydrogen) atoms. The van der Waals surface area contributed by atoms with Gasteiger partial charge >= 0.3 is 0 Å². The van der Waals surface area contributed by atoms with Crippen LogP contribution in [0, 0.1) is 5.92 Å². The van der Waals surface area contributed by atoms with E-state index in [1.165, 1.54) is 32.1 Å². The lowest BCUT2D eigenvalue weighted by atomic mass is 9.84. The van der Waals surface area contributed by atoms with Gasteiger partial charge in [0.2, 0.25) is 5.91 Å². The molecule has 0 spiro atoms. The van der Waals surface area contributed by atoms with E-state index < -0.39 is 0 Å². The molecule has 1 atom stereocenters. The molecule has 0 radical (unpaired) electrons. The van der Waals surface area contributed by atoms with Crippen LogP contribution in [0.4, 0.5) is 0 Å². The summed E-state index contributed by atoms with van der Waals surface area (Å²) in [6.07, 6.45) is 8.38. The number of amides is 1. The maximum atomic E-state index is 11.9. The van der Waals surface area contributed by atoms with Crippen LogP contribution in [0.25, 0.3) is 0 Å². The Balaban J connectivity index is 0.00000144. The molecular formula is C13H25ClN2O. The Hall–Kier alpha value is -0.280. The molecule has 1 unspecified atom stereocenters. The molecule has 2 N–H and O–H groups in total. The normalized spacial score (nSPS) is 32.9. The number of halogens is 1. The number of hydrogen-bond donors (Lipinski definition) is 2. The van der Waals surface area contributed by atoms with Crippen molar-refractivity contribution in [2.45, 2.75) is 64.0 Å². The largest absolute Gasteiger partial charge is 0.352 e. The van der Waals surface area contributed by atoms with Gasteiger partial charge in [0, 0.05) is 6.04 Å². The first-order valence-corrected chi connectivity index (χ1v) is 6.83. The topological polar surface area (TPSA) is 41.1 Å². The molecule has 1 heterocycles. The summed E-state index contributed by atoms with van der Waals surface area (Å²) in [5.74, 6) is 1.13. The van der Waals surface area contributed by atoms with Gasteiger partial charge in [0.15, 0.2) is 0 Å². The molecule has 2 fully saturated rings. The lowest BCUT2D eigenvalue weighted by molar-refractivity contribution is -0.123. The Morgan fingerprint density at radius 2 is 1.94 bits per heavy atom. The molecule has 0 aromatic carbocycles. The quantitative estimate of drug-likeness (QED) is 0.817. The fourth-order valence-electron chi connectivity index (χ4n) is 2.93. The van der Waals surface area contributed by atoms with E-state index in [1.54, 1.807) is 0 Å². The van der Waals surface area contributed by atoms with Crippen LogP contribution in [-0.4, -0.2) is 24.5 Å².